The molecule has 3 heteroatoms. The molecule has 0 amide bonds. The van der Waals surface area contributed by atoms with Crippen LogP contribution < -0.4 is 5.73 Å². The number of likely N-dealkylation sites (N-methyl/N-ethyl adjacent to an activating group) is 1. The topological polar surface area (TPSA) is 38.5 Å². The minimum Gasteiger partial charge on any atom is -0.377 e. The Morgan fingerprint density at radius 1 is 1.40 bits per heavy atom. The van der Waals surface area contributed by atoms with Crippen LogP contribution in [0, 0.1) is 6.92 Å². The van der Waals surface area contributed by atoms with Gasteiger partial charge in [0.15, 0.2) is 0 Å². The molecular weight excluding hydrogens is 248 g/mol. The molecule has 0 saturated carbocycles. The lowest BCUT2D eigenvalue weighted by molar-refractivity contribution is -0.00985. The highest BCUT2D eigenvalue weighted by molar-refractivity contribution is 5.26. The summed E-state index contributed by atoms with van der Waals surface area (Å²) in [5.41, 5.74) is 8.83. The molecule has 0 radical (unpaired) electrons. The number of ether oxygens (including phenoxy) is 1. The molecule has 1 fully saturated rings. The van der Waals surface area contributed by atoms with Gasteiger partial charge in [-0.25, -0.2) is 0 Å². The van der Waals surface area contributed by atoms with E-state index >= 15 is 0 Å². The van der Waals surface area contributed by atoms with Crippen molar-refractivity contribution in [1.82, 2.24) is 4.90 Å². The second kappa shape index (κ2) is 7.21. The molecule has 0 aromatic heterocycles. The third-order valence-electron chi connectivity index (χ3n) is 4.12. The lowest BCUT2D eigenvalue weighted by Gasteiger charge is -2.35. The average Bonchev–Trinajstić information content (AvgIpc) is 2.39. The van der Waals surface area contributed by atoms with Crippen molar-refractivity contribution in [3.63, 3.8) is 0 Å². The maximum Gasteiger partial charge on any atom is 0.0702 e. The number of benzene rings is 1. The van der Waals surface area contributed by atoms with Crippen molar-refractivity contribution in [2.24, 2.45) is 5.73 Å². The zero-order valence-electron chi connectivity index (χ0n) is 13.0. The Kier molecular flexibility index (Phi) is 5.58. The maximum absolute atomic E-state index is 6.24. The number of nitrogens with two attached hydrogens (primary N) is 1. The molecule has 1 aliphatic rings. The monoisotopic (exact) mass is 276 g/mol. The van der Waals surface area contributed by atoms with Crippen LogP contribution in [-0.4, -0.2) is 37.2 Å². The fraction of sp³-hybridized carbons (Fsp3) is 0.647. The predicted molar refractivity (Wildman–Crippen MR) is 83.8 cm³/mol. The molecule has 3 unspecified atom stereocenters. The Balaban J connectivity index is 2.07. The SMILES string of the molecule is Cc1cccc(C(C(C)N)N(C)CC2CCCCO2)c1. The number of nitrogens with zero attached hydrogens (tertiary/aromatic N) is 1. The van der Waals surface area contributed by atoms with Gasteiger partial charge < -0.3 is 10.5 Å². The fourth-order valence-corrected chi connectivity index (χ4v) is 3.20. The van der Waals surface area contributed by atoms with Crippen LogP contribution in [0.2, 0.25) is 0 Å². The summed E-state index contributed by atoms with van der Waals surface area (Å²) >= 11 is 0. The van der Waals surface area contributed by atoms with Gasteiger partial charge in [-0.15, -0.1) is 0 Å². The number of hydrogen-bond donors (Lipinski definition) is 1. The summed E-state index contributed by atoms with van der Waals surface area (Å²) < 4.78 is 5.86. The molecule has 3 nitrogen and oxygen atoms in total. The van der Waals surface area contributed by atoms with E-state index in [0.717, 1.165) is 13.2 Å². The second-order valence-corrected chi connectivity index (χ2v) is 6.15. The van der Waals surface area contributed by atoms with E-state index in [1.54, 1.807) is 0 Å². The molecule has 20 heavy (non-hydrogen) atoms. The van der Waals surface area contributed by atoms with Gasteiger partial charge in [-0.2, -0.15) is 0 Å². The summed E-state index contributed by atoms with van der Waals surface area (Å²) in [6.07, 6.45) is 4.02. The van der Waals surface area contributed by atoms with Crippen LogP contribution in [0.25, 0.3) is 0 Å². The Morgan fingerprint density at radius 3 is 2.80 bits per heavy atom. The highest BCUT2D eigenvalue weighted by Crippen LogP contribution is 2.25. The smallest absolute Gasteiger partial charge is 0.0702 e. The molecule has 1 saturated heterocycles. The zero-order chi connectivity index (χ0) is 14.5. The Hall–Kier alpha value is -0.900. The molecular formula is C17H28N2O. The van der Waals surface area contributed by atoms with Crippen molar-refractivity contribution < 1.29 is 4.74 Å². The summed E-state index contributed by atoms with van der Waals surface area (Å²) in [4.78, 5) is 2.36. The first-order valence-electron chi connectivity index (χ1n) is 7.72. The van der Waals surface area contributed by atoms with Crippen LogP contribution in [0.5, 0.6) is 0 Å². The van der Waals surface area contributed by atoms with E-state index in [0.29, 0.717) is 6.10 Å². The number of hydrogen-bond acceptors (Lipinski definition) is 3. The molecule has 1 aliphatic heterocycles. The average molecular weight is 276 g/mol. The van der Waals surface area contributed by atoms with Crippen molar-refractivity contribution in [2.75, 3.05) is 20.2 Å². The van der Waals surface area contributed by atoms with Gasteiger partial charge >= 0.3 is 0 Å². The molecule has 1 aromatic carbocycles. The van der Waals surface area contributed by atoms with Gasteiger partial charge in [0.2, 0.25) is 0 Å². The van der Waals surface area contributed by atoms with E-state index in [9.17, 15) is 0 Å². The lowest BCUT2D eigenvalue weighted by Crippen LogP contribution is -2.42. The number of rotatable bonds is 5. The van der Waals surface area contributed by atoms with Crippen LogP contribution in [0.4, 0.5) is 0 Å². The van der Waals surface area contributed by atoms with E-state index < -0.39 is 0 Å². The summed E-state index contributed by atoms with van der Waals surface area (Å²) in [5, 5.41) is 0. The molecule has 1 aromatic rings. The summed E-state index contributed by atoms with van der Waals surface area (Å²) in [6, 6.07) is 9.02. The minimum absolute atomic E-state index is 0.102. The van der Waals surface area contributed by atoms with E-state index in [4.69, 9.17) is 10.5 Å². The van der Waals surface area contributed by atoms with E-state index in [2.05, 4.69) is 50.1 Å². The van der Waals surface area contributed by atoms with E-state index in [-0.39, 0.29) is 12.1 Å². The summed E-state index contributed by atoms with van der Waals surface area (Å²) in [6.45, 7) is 6.09. The van der Waals surface area contributed by atoms with Crippen LogP contribution in [0.1, 0.15) is 43.4 Å². The third kappa shape index (κ3) is 4.05. The van der Waals surface area contributed by atoms with Gasteiger partial charge in [-0.3, -0.25) is 4.90 Å². The van der Waals surface area contributed by atoms with E-state index in [1.165, 1.54) is 30.4 Å². The van der Waals surface area contributed by atoms with Crippen molar-refractivity contribution in [3.8, 4) is 0 Å². The lowest BCUT2D eigenvalue weighted by atomic mass is 9.97. The van der Waals surface area contributed by atoms with Gasteiger partial charge in [0, 0.05) is 25.2 Å². The van der Waals surface area contributed by atoms with Crippen LogP contribution in [-0.2, 0) is 4.74 Å². The zero-order valence-corrected chi connectivity index (χ0v) is 13.0. The Morgan fingerprint density at radius 2 is 2.20 bits per heavy atom. The number of aryl methyl sites for hydroxylation is 1. The first-order valence-corrected chi connectivity index (χ1v) is 7.72. The quantitative estimate of drug-likeness (QED) is 0.898. The molecule has 3 atom stereocenters. The molecule has 2 rings (SSSR count). The first-order chi connectivity index (χ1) is 9.58. The highest BCUT2D eigenvalue weighted by Gasteiger charge is 2.24. The molecule has 112 valence electrons. The predicted octanol–water partition coefficient (Wildman–Crippen LogP) is 2.88. The minimum atomic E-state index is 0.102. The molecule has 1 heterocycles. The van der Waals surface area contributed by atoms with Gasteiger partial charge in [-0.1, -0.05) is 29.8 Å². The summed E-state index contributed by atoms with van der Waals surface area (Å²) in [5.74, 6) is 0. The van der Waals surface area contributed by atoms with Crippen LogP contribution in [0.15, 0.2) is 24.3 Å². The molecule has 0 spiro atoms. The molecule has 0 bridgehead atoms. The highest BCUT2D eigenvalue weighted by atomic mass is 16.5. The third-order valence-corrected chi connectivity index (χ3v) is 4.12. The van der Waals surface area contributed by atoms with Crippen LogP contribution >= 0.6 is 0 Å². The Bertz CT molecular complexity index is 413. The van der Waals surface area contributed by atoms with Gasteiger partial charge in [0.25, 0.3) is 0 Å². The largest absolute Gasteiger partial charge is 0.377 e. The van der Waals surface area contributed by atoms with Crippen molar-refractivity contribution >= 4 is 0 Å². The molecule has 2 N–H and O–H groups in total. The van der Waals surface area contributed by atoms with Crippen molar-refractivity contribution in [2.45, 2.75) is 51.3 Å². The maximum atomic E-state index is 6.24. The van der Waals surface area contributed by atoms with Gasteiger partial charge in [0.1, 0.15) is 0 Å². The normalized spacial score (nSPS) is 22.8. The van der Waals surface area contributed by atoms with Crippen molar-refractivity contribution in [1.29, 1.82) is 0 Å². The second-order valence-electron chi connectivity index (χ2n) is 6.15. The van der Waals surface area contributed by atoms with E-state index in [1.807, 2.05) is 0 Å². The van der Waals surface area contributed by atoms with Crippen molar-refractivity contribution in [3.05, 3.63) is 35.4 Å². The summed E-state index contributed by atoms with van der Waals surface area (Å²) in [7, 11) is 2.16. The molecule has 0 aliphatic carbocycles. The fourth-order valence-electron chi connectivity index (χ4n) is 3.20. The first kappa shape index (κ1) is 15.5. The van der Waals surface area contributed by atoms with Gasteiger partial charge in [0.05, 0.1) is 6.10 Å². The van der Waals surface area contributed by atoms with Gasteiger partial charge in [-0.05, 0) is 45.7 Å². The standard InChI is InChI=1S/C17H28N2O/c1-13-7-6-8-15(11-13)17(14(2)18)19(3)12-16-9-4-5-10-20-16/h6-8,11,14,16-17H,4-5,9-10,12,18H2,1-3H3. The Labute approximate surface area is 123 Å². The van der Waals surface area contributed by atoms with Crippen LogP contribution in [0.3, 0.4) is 0 Å².